The first-order chi connectivity index (χ1) is 10.6. The van der Waals surface area contributed by atoms with Crippen LogP contribution >= 0.6 is 11.6 Å². The first kappa shape index (κ1) is 16.2. The zero-order chi connectivity index (χ0) is 15.9. The van der Waals surface area contributed by atoms with E-state index in [0.29, 0.717) is 28.7 Å². The molecule has 2 rings (SSSR count). The third-order valence-electron chi connectivity index (χ3n) is 3.09. The topological polar surface area (TPSA) is 44.8 Å². The summed E-state index contributed by atoms with van der Waals surface area (Å²) in [6, 6.07) is 12.3. The molecule has 0 aliphatic carbocycles. The van der Waals surface area contributed by atoms with Crippen molar-refractivity contribution in [2.75, 3.05) is 14.2 Å². The van der Waals surface area contributed by atoms with E-state index in [4.69, 9.17) is 25.8 Å². The van der Waals surface area contributed by atoms with Crippen LogP contribution in [0.5, 0.6) is 17.2 Å². The second-order valence-corrected chi connectivity index (χ2v) is 5.06. The van der Waals surface area contributed by atoms with Gasteiger partial charge < -0.3 is 14.2 Å². The van der Waals surface area contributed by atoms with Crippen LogP contribution in [0.25, 0.3) is 0 Å². The first-order valence-corrected chi connectivity index (χ1v) is 7.17. The fraction of sp³-hybridized carbons (Fsp3) is 0.235. The Labute approximate surface area is 134 Å². The zero-order valence-corrected chi connectivity index (χ0v) is 13.2. The summed E-state index contributed by atoms with van der Waals surface area (Å²) >= 11 is 5.85. The molecule has 0 aliphatic heterocycles. The normalized spacial score (nSPS) is 10.1. The zero-order valence-electron chi connectivity index (χ0n) is 12.5. The van der Waals surface area contributed by atoms with E-state index in [0.717, 1.165) is 5.56 Å². The van der Waals surface area contributed by atoms with Gasteiger partial charge in [0.1, 0.15) is 5.75 Å². The molecule has 0 saturated carbocycles. The smallest absolute Gasteiger partial charge is 0.311 e. The highest BCUT2D eigenvalue weighted by atomic mass is 35.5. The summed E-state index contributed by atoms with van der Waals surface area (Å²) in [5.41, 5.74) is 0.973. The molecule has 4 nitrogen and oxygen atoms in total. The summed E-state index contributed by atoms with van der Waals surface area (Å²) in [6.45, 7) is 0. The van der Waals surface area contributed by atoms with Gasteiger partial charge in [0.05, 0.1) is 14.2 Å². The van der Waals surface area contributed by atoms with Crippen LogP contribution in [-0.2, 0) is 11.2 Å². The van der Waals surface area contributed by atoms with Crippen molar-refractivity contribution in [3.8, 4) is 17.2 Å². The molecule has 0 radical (unpaired) electrons. The molecule has 5 heteroatoms. The number of rotatable bonds is 6. The van der Waals surface area contributed by atoms with Crippen LogP contribution in [0.1, 0.15) is 12.0 Å². The van der Waals surface area contributed by atoms with E-state index in [2.05, 4.69) is 0 Å². The number of esters is 1. The Kier molecular flexibility index (Phi) is 5.67. The Balaban J connectivity index is 1.93. The summed E-state index contributed by atoms with van der Waals surface area (Å²) in [7, 11) is 3.16. The predicted molar refractivity (Wildman–Crippen MR) is 85.0 cm³/mol. The molecule has 0 unspecified atom stereocenters. The van der Waals surface area contributed by atoms with Crippen LogP contribution in [0.4, 0.5) is 0 Å². The quantitative estimate of drug-likeness (QED) is 0.598. The van der Waals surface area contributed by atoms with Gasteiger partial charge in [0.15, 0.2) is 11.5 Å². The highest BCUT2D eigenvalue weighted by molar-refractivity contribution is 6.30. The van der Waals surface area contributed by atoms with Crippen LogP contribution < -0.4 is 14.2 Å². The lowest BCUT2D eigenvalue weighted by Crippen LogP contribution is -2.09. The van der Waals surface area contributed by atoms with E-state index in [1.165, 1.54) is 0 Å². The number of benzene rings is 2. The van der Waals surface area contributed by atoms with Gasteiger partial charge in [0.2, 0.25) is 0 Å². The van der Waals surface area contributed by atoms with E-state index in [1.54, 1.807) is 38.5 Å². The number of ether oxygens (including phenoxy) is 3. The van der Waals surface area contributed by atoms with Crippen LogP contribution in [0.15, 0.2) is 42.5 Å². The van der Waals surface area contributed by atoms with E-state index in [-0.39, 0.29) is 12.4 Å². The van der Waals surface area contributed by atoms with Gasteiger partial charge >= 0.3 is 5.97 Å². The van der Waals surface area contributed by atoms with Crippen molar-refractivity contribution in [2.45, 2.75) is 12.8 Å². The highest BCUT2D eigenvalue weighted by Crippen LogP contribution is 2.28. The number of hydrogen-bond acceptors (Lipinski definition) is 4. The van der Waals surface area contributed by atoms with Crippen LogP contribution in [0.3, 0.4) is 0 Å². The third-order valence-corrected chi connectivity index (χ3v) is 3.33. The van der Waals surface area contributed by atoms with Crippen molar-refractivity contribution in [2.24, 2.45) is 0 Å². The highest BCUT2D eigenvalue weighted by Gasteiger charge is 2.09. The summed E-state index contributed by atoms with van der Waals surface area (Å²) in [4.78, 5) is 11.9. The molecule has 0 heterocycles. The lowest BCUT2D eigenvalue weighted by molar-refractivity contribution is -0.134. The fourth-order valence-corrected chi connectivity index (χ4v) is 2.18. The fourth-order valence-electron chi connectivity index (χ4n) is 2.00. The molecule has 0 aliphatic rings. The summed E-state index contributed by atoms with van der Waals surface area (Å²) in [5, 5.41) is 0.533. The van der Waals surface area contributed by atoms with E-state index < -0.39 is 0 Å². The molecule has 0 amide bonds. The molecule has 0 spiro atoms. The molecule has 0 bridgehead atoms. The van der Waals surface area contributed by atoms with Gasteiger partial charge in [-0.25, -0.2) is 0 Å². The van der Waals surface area contributed by atoms with Crippen molar-refractivity contribution in [3.63, 3.8) is 0 Å². The lowest BCUT2D eigenvalue weighted by Gasteiger charge is -2.09. The van der Waals surface area contributed by atoms with Gasteiger partial charge in [-0.2, -0.15) is 0 Å². The molecule has 0 fully saturated rings. The minimum Gasteiger partial charge on any atom is -0.493 e. The Morgan fingerprint density at radius 2 is 1.82 bits per heavy atom. The number of methoxy groups -OCH3 is 2. The van der Waals surface area contributed by atoms with E-state index in [1.807, 2.05) is 18.2 Å². The van der Waals surface area contributed by atoms with Crippen molar-refractivity contribution < 1.29 is 19.0 Å². The maximum absolute atomic E-state index is 11.9. The number of carbonyl (C=O) groups excluding carboxylic acids is 1. The Morgan fingerprint density at radius 1 is 1.05 bits per heavy atom. The second-order valence-electron chi connectivity index (χ2n) is 4.62. The number of halogens is 1. The third kappa shape index (κ3) is 4.40. The molecular weight excluding hydrogens is 304 g/mol. The van der Waals surface area contributed by atoms with E-state index >= 15 is 0 Å². The van der Waals surface area contributed by atoms with Crippen molar-refractivity contribution in [3.05, 3.63) is 53.1 Å². The van der Waals surface area contributed by atoms with Crippen LogP contribution in [0, 0.1) is 0 Å². The lowest BCUT2D eigenvalue weighted by atomic mass is 10.1. The standard InChI is InChI=1S/C17H17ClO4/c1-20-15-8-6-12(10-16(15)21-2)7-9-17(19)22-14-5-3-4-13(18)11-14/h3-6,8,10-11H,7,9H2,1-2H3. The maximum atomic E-state index is 11.9. The molecule has 0 atom stereocenters. The average Bonchev–Trinajstić information content (AvgIpc) is 2.52. The SMILES string of the molecule is COc1ccc(CCC(=O)Oc2cccc(Cl)c2)cc1OC. The molecular formula is C17H17ClO4. The van der Waals surface area contributed by atoms with E-state index in [9.17, 15) is 4.79 Å². The monoisotopic (exact) mass is 320 g/mol. The van der Waals surface area contributed by atoms with Crippen molar-refractivity contribution in [1.82, 2.24) is 0 Å². The van der Waals surface area contributed by atoms with Crippen LogP contribution in [0.2, 0.25) is 5.02 Å². The summed E-state index contributed by atoms with van der Waals surface area (Å²) in [5.74, 6) is 1.44. The molecule has 0 N–H and O–H groups in total. The van der Waals surface area contributed by atoms with Gasteiger partial charge in [-0.3, -0.25) is 4.79 Å². The molecule has 0 aromatic heterocycles. The molecule has 2 aromatic carbocycles. The number of aryl methyl sites for hydroxylation is 1. The minimum atomic E-state index is -0.308. The van der Waals surface area contributed by atoms with Gasteiger partial charge in [-0.1, -0.05) is 23.7 Å². The average molecular weight is 321 g/mol. The second kappa shape index (κ2) is 7.71. The van der Waals surface area contributed by atoms with Gasteiger partial charge in [0, 0.05) is 11.4 Å². The van der Waals surface area contributed by atoms with Crippen LogP contribution in [-0.4, -0.2) is 20.2 Å². The van der Waals surface area contributed by atoms with Gasteiger partial charge in [-0.15, -0.1) is 0 Å². The Morgan fingerprint density at radius 3 is 2.50 bits per heavy atom. The van der Waals surface area contributed by atoms with Gasteiger partial charge in [-0.05, 0) is 42.3 Å². The van der Waals surface area contributed by atoms with Crippen molar-refractivity contribution >= 4 is 17.6 Å². The van der Waals surface area contributed by atoms with Crippen molar-refractivity contribution in [1.29, 1.82) is 0 Å². The molecule has 22 heavy (non-hydrogen) atoms. The number of hydrogen-bond donors (Lipinski definition) is 0. The minimum absolute atomic E-state index is 0.266. The Bertz CT molecular complexity index is 655. The summed E-state index contributed by atoms with van der Waals surface area (Å²) < 4.78 is 15.7. The predicted octanol–water partition coefficient (Wildman–Crippen LogP) is 3.90. The summed E-state index contributed by atoms with van der Waals surface area (Å²) in [6.07, 6.45) is 0.821. The Hall–Kier alpha value is -2.20. The molecule has 2 aromatic rings. The van der Waals surface area contributed by atoms with Gasteiger partial charge in [0.25, 0.3) is 0 Å². The largest absolute Gasteiger partial charge is 0.493 e. The molecule has 0 saturated heterocycles. The first-order valence-electron chi connectivity index (χ1n) is 6.79. The molecule has 116 valence electrons. The number of carbonyl (C=O) groups is 1. The maximum Gasteiger partial charge on any atom is 0.311 e.